The number of likely N-dealkylation sites (tertiary alicyclic amines) is 1. The summed E-state index contributed by atoms with van der Waals surface area (Å²) < 4.78 is 16.2. The van der Waals surface area contributed by atoms with Crippen LogP contribution < -0.4 is 10.5 Å². The summed E-state index contributed by atoms with van der Waals surface area (Å²) in [6.07, 6.45) is 4.44. The third kappa shape index (κ3) is 4.55. The molecule has 2 aliphatic carbocycles. The fourth-order valence-electron chi connectivity index (χ4n) is 7.89. The highest BCUT2D eigenvalue weighted by Gasteiger charge is 2.47. The summed E-state index contributed by atoms with van der Waals surface area (Å²) >= 11 is 1.43. The molecule has 1 saturated heterocycles. The van der Waals surface area contributed by atoms with Gasteiger partial charge < -0.3 is 29.2 Å². The predicted molar refractivity (Wildman–Crippen MR) is 186 cm³/mol. The molecule has 0 spiro atoms. The lowest BCUT2D eigenvalue weighted by atomic mass is 10.1. The van der Waals surface area contributed by atoms with Crippen molar-refractivity contribution in [3.05, 3.63) is 65.0 Å². The molecule has 1 amide bonds. The first-order chi connectivity index (χ1) is 23.3. The van der Waals surface area contributed by atoms with E-state index >= 15 is 0 Å². The van der Waals surface area contributed by atoms with E-state index in [2.05, 4.69) is 39.5 Å². The molecule has 0 radical (unpaired) electrons. The zero-order valence-electron chi connectivity index (χ0n) is 27.1. The minimum absolute atomic E-state index is 0.00760. The quantitative estimate of drug-likeness (QED) is 0.202. The van der Waals surface area contributed by atoms with Crippen molar-refractivity contribution >= 4 is 55.4 Å². The average molecular weight is 661 g/mol. The van der Waals surface area contributed by atoms with Gasteiger partial charge >= 0.3 is 5.97 Å². The maximum atomic E-state index is 13.8. The normalized spacial score (nSPS) is 20.4. The van der Waals surface area contributed by atoms with Crippen LogP contribution >= 0.6 is 11.3 Å². The highest BCUT2D eigenvalue weighted by atomic mass is 32.1. The number of rotatable bonds is 7. The molecule has 48 heavy (non-hydrogen) atoms. The third-order valence-corrected chi connectivity index (χ3v) is 11.7. The lowest BCUT2D eigenvalue weighted by Gasteiger charge is -2.27. The van der Waals surface area contributed by atoms with Crippen molar-refractivity contribution in [2.75, 3.05) is 20.8 Å². The van der Waals surface area contributed by atoms with Gasteiger partial charge in [0.2, 0.25) is 0 Å². The first-order valence-corrected chi connectivity index (χ1v) is 17.4. The van der Waals surface area contributed by atoms with Crippen molar-refractivity contribution in [3.63, 3.8) is 0 Å². The lowest BCUT2D eigenvalue weighted by molar-refractivity contribution is 0.0605. The van der Waals surface area contributed by atoms with E-state index in [0.717, 1.165) is 74.3 Å². The Labute approximate surface area is 281 Å². The summed E-state index contributed by atoms with van der Waals surface area (Å²) in [4.78, 5) is 38.8. The molecule has 3 atom stereocenters. The molecule has 4 aromatic heterocycles. The van der Waals surface area contributed by atoms with Crippen LogP contribution in [0.25, 0.3) is 54.9 Å². The summed E-state index contributed by atoms with van der Waals surface area (Å²) in [6, 6.07) is 18.3. The zero-order chi connectivity index (χ0) is 32.8. The van der Waals surface area contributed by atoms with Crippen LogP contribution in [0, 0.1) is 11.8 Å². The highest BCUT2D eigenvalue weighted by molar-refractivity contribution is 7.20. The number of carbonyl (C=O) groups is 2. The van der Waals surface area contributed by atoms with Crippen molar-refractivity contribution in [2.45, 2.75) is 44.3 Å². The van der Waals surface area contributed by atoms with Crippen LogP contribution in [0.4, 0.5) is 0 Å². The fourth-order valence-corrected chi connectivity index (χ4v) is 8.85. The number of benzene rings is 2. The largest absolute Gasteiger partial charge is 0.494 e. The molecule has 3 fully saturated rings. The van der Waals surface area contributed by atoms with E-state index in [4.69, 9.17) is 25.2 Å². The number of piperidine rings is 1. The van der Waals surface area contributed by atoms with Gasteiger partial charge in [-0.15, -0.1) is 11.3 Å². The zero-order valence-corrected chi connectivity index (χ0v) is 27.9. The summed E-state index contributed by atoms with van der Waals surface area (Å²) in [6.45, 7) is 1.56. The van der Waals surface area contributed by atoms with Crippen molar-refractivity contribution in [1.29, 1.82) is 0 Å². The molecule has 3 aliphatic rings. The molecule has 2 bridgehead atoms. The molecule has 11 heteroatoms. The summed E-state index contributed by atoms with van der Waals surface area (Å²) in [5, 5.41) is 2.02. The Morgan fingerprint density at radius 2 is 1.83 bits per heavy atom. The molecule has 9 rings (SSSR count). The number of amides is 1. The van der Waals surface area contributed by atoms with Gasteiger partial charge in [0.05, 0.1) is 31.1 Å². The topological polar surface area (TPSA) is 118 Å². The SMILES string of the molecule is COC(=O)c1cc2cc(-c3ccc4cc(-c5nc6cc(C(=O)N7CC8CCC7[C@@H]8N)cc(OC)c6n5C)n(CC5CC5)c4n3)ccc2s1. The molecular weight excluding hydrogens is 625 g/mol. The van der Waals surface area contributed by atoms with Gasteiger partial charge in [-0.3, -0.25) is 4.79 Å². The van der Waals surface area contributed by atoms with Crippen molar-refractivity contribution in [2.24, 2.45) is 24.6 Å². The average Bonchev–Trinajstić information content (AvgIpc) is 3.36. The molecule has 2 aromatic carbocycles. The number of carbonyl (C=O) groups excluding carboxylic acids is 2. The number of hydrogen-bond acceptors (Lipinski definition) is 8. The number of ether oxygens (including phenoxy) is 2. The van der Waals surface area contributed by atoms with Crippen molar-refractivity contribution in [1.82, 2.24) is 24.0 Å². The monoisotopic (exact) mass is 660 g/mol. The number of esters is 1. The van der Waals surface area contributed by atoms with Crippen LogP contribution in [0.2, 0.25) is 0 Å². The molecule has 1 aliphatic heterocycles. The van der Waals surface area contributed by atoms with Crippen LogP contribution in [0.5, 0.6) is 5.75 Å². The number of imidazole rings is 1. The van der Waals surface area contributed by atoms with Gasteiger partial charge in [-0.1, -0.05) is 6.07 Å². The van der Waals surface area contributed by atoms with E-state index in [9.17, 15) is 9.59 Å². The van der Waals surface area contributed by atoms with Gasteiger partial charge in [-0.2, -0.15) is 0 Å². The summed E-state index contributed by atoms with van der Waals surface area (Å²) in [5.74, 6) is 2.06. The number of nitrogens with zero attached hydrogens (tertiary/aromatic N) is 5. The highest BCUT2D eigenvalue weighted by Crippen LogP contribution is 2.40. The number of aryl methyl sites for hydroxylation is 1. The number of pyridine rings is 1. The first-order valence-electron chi connectivity index (χ1n) is 16.5. The molecule has 5 heterocycles. The van der Waals surface area contributed by atoms with Crippen molar-refractivity contribution < 1.29 is 19.1 Å². The van der Waals surface area contributed by atoms with Crippen molar-refractivity contribution in [3.8, 4) is 28.5 Å². The number of hydrogen-bond donors (Lipinski definition) is 1. The van der Waals surface area contributed by atoms with Crippen LogP contribution in [0.15, 0.2) is 54.6 Å². The fraction of sp³-hybridized carbons (Fsp3) is 0.351. The van der Waals surface area contributed by atoms with E-state index in [1.165, 1.54) is 31.3 Å². The van der Waals surface area contributed by atoms with Gasteiger partial charge in [0, 0.05) is 53.4 Å². The predicted octanol–water partition coefficient (Wildman–Crippen LogP) is 6.24. The third-order valence-electron chi connectivity index (χ3n) is 10.6. The van der Waals surface area contributed by atoms with E-state index in [1.807, 2.05) is 36.2 Å². The Morgan fingerprint density at radius 3 is 2.56 bits per heavy atom. The lowest BCUT2D eigenvalue weighted by Crippen LogP contribution is -2.41. The van der Waals surface area contributed by atoms with Crippen LogP contribution in [0.1, 0.15) is 45.7 Å². The number of fused-ring (bicyclic) bond motifs is 5. The second-order valence-corrected chi connectivity index (χ2v) is 14.6. The molecule has 244 valence electrons. The maximum absolute atomic E-state index is 13.8. The Kier molecular flexibility index (Phi) is 6.67. The van der Waals surface area contributed by atoms with E-state index in [-0.39, 0.29) is 24.0 Å². The van der Waals surface area contributed by atoms with Gasteiger partial charge in [0.15, 0.2) is 5.82 Å². The second-order valence-electron chi connectivity index (χ2n) is 13.5. The first kappa shape index (κ1) is 29.4. The number of methoxy groups -OCH3 is 2. The minimum atomic E-state index is -0.326. The number of thiophene rings is 1. The van der Waals surface area contributed by atoms with Gasteiger partial charge in [-0.05, 0) is 91.4 Å². The number of aromatic nitrogens is 4. The number of nitrogens with two attached hydrogens (primary N) is 1. The smallest absolute Gasteiger partial charge is 0.348 e. The Hall–Kier alpha value is -4.74. The van der Waals surface area contributed by atoms with Gasteiger partial charge in [-0.25, -0.2) is 14.8 Å². The molecular formula is C37H36N6O4S. The summed E-state index contributed by atoms with van der Waals surface area (Å²) in [7, 11) is 5.05. The van der Waals surface area contributed by atoms with Gasteiger partial charge in [0.25, 0.3) is 5.91 Å². The second kappa shape index (κ2) is 10.9. The minimum Gasteiger partial charge on any atom is -0.494 e. The molecule has 2 N–H and O–H groups in total. The van der Waals surface area contributed by atoms with Crippen LogP contribution in [0.3, 0.4) is 0 Å². The van der Waals surface area contributed by atoms with E-state index < -0.39 is 0 Å². The molecule has 6 aromatic rings. The van der Waals surface area contributed by atoms with Gasteiger partial charge in [0.1, 0.15) is 21.8 Å². The molecule has 2 saturated carbocycles. The van der Waals surface area contributed by atoms with Crippen LogP contribution in [-0.2, 0) is 18.3 Å². The Balaban J connectivity index is 1.13. The molecule has 10 nitrogen and oxygen atoms in total. The van der Waals surface area contributed by atoms with E-state index in [1.54, 1.807) is 7.11 Å². The molecule has 2 unspecified atom stereocenters. The van der Waals surface area contributed by atoms with E-state index in [0.29, 0.717) is 34.6 Å². The maximum Gasteiger partial charge on any atom is 0.348 e. The van der Waals surface area contributed by atoms with Crippen LogP contribution in [-0.4, -0.2) is 68.7 Å². The standard InChI is InChI=1S/C37H36N6O4S/c1-41-33-26(13-24(15-29(33)46-2)36(44)43-18-22-7-10-27(43)32(22)38)40-35(41)28-14-21-6-9-25(39-34(21)42(28)17-19-4-5-19)20-8-11-30-23(12-20)16-31(48-30)37(45)47-3/h6,8-9,11-16,19,22,27,32H,4-5,7,10,17-18,38H2,1-3H3/t22?,27?,32-/m1/s1. The Bertz CT molecular complexity index is 2300. The summed E-state index contributed by atoms with van der Waals surface area (Å²) in [5.41, 5.74) is 12.3. The Morgan fingerprint density at radius 1 is 0.979 bits per heavy atom.